The Balaban J connectivity index is 1.98. The molecule has 2 rings (SSSR count). The minimum absolute atomic E-state index is 0.151. The van der Waals surface area contributed by atoms with Crippen LogP contribution >= 0.6 is 0 Å². The van der Waals surface area contributed by atoms with Crippen molar-refractivity contribution in [2.24, 2.45) is 5.73 Å². The highest BCUT2D eigenvalue weighted by Gasteiger charge is 2.10. The third-order valence-electron chi connectivity index (χ3n) is 2.65. The Morgan fingerprint density at radius 1 is 1.24 bits per heavy atom. The molecule has 0 radical (unpaired) electrons. The lowest BCUT2D eigenvalue weighted by atomic mass is 10.2. The first-order valence-corrected chi connectivity index (χ1v) is 6.16. The van der Waals surface area contributed by atoms with E-state index < -0.39 is 12.0 Å². The zero-order valence-corrected chi connectivity index (χ0v) is 11.4. The number of carbonyl (C=O) groups excluding carboxylic acids is 2. The number of nitrogens with one attached hydrogen (secondary N) is 2. The Morgan fingerprint density at radius 2 is 2.00 bits per heavy atom. The van der Waals surface area contributed by atoms with E-state index in [0.717, 1.165) is 5.69 Å². The molecule has 1 heterocycles. The summed E-state index contributed by atoms with van der Waals surface area (Å²) < 4.78 is 9.89. The van der Waals surface area contributed by atoms with Crippen molar-refractivity contribution >= 4 is 23.4 Å². The van der Waals surface area contributed by atoms with Crippen LogP contribution in [0.15, 0.2) is 40.8 Å². The van der Waals surface area contributed by atoms with Gasteiger partial charge in [0.1, 0.15) is 5.76 Å². The maximum Gasteiger partial charge on any atom is 0.373 e. The van der Waals surface area contributed by atoms with Crippen LogP contribution in [-0.4, -0.2) is 19.1 Å². The second kappa shape index (κ2) is 6.47. The number of methoxy groups -OCH3 is 1. The van der Waals surface area contributed by atoms with Gasteiger partial charge in [-0.1, -0.05) is 6.07 Å². The minimum Gasteiger partial charge on any atom is -0.463 e. The summed E-state index contributed by atoms with van der Waals surface area (Å²) >= 11 is 0. The van der Waals surface area contributed by atoms with Crippen LogP contribution in [0.5, 0.6) is 0 Å². The second-order valence-electron chi connectivity index (χ2n) is 4.18. The summed E-state index contributed by atoms with van der Waals surface area (Å²) in [5, 5.41) is 5.59. The fourth-order valence-electron chi connectivity index (χ4n) is 1.72. The number of rotatable bonds is 5. The number of urea groups is 1. The van der Waals surface area contributed by atoms with Gasteiger partial charge < -0.3 is 25.5 Å². The van der Waals surface area contributed by atoms with Crippen molar-refractivity contribution in [3.63, 3.8) is 0 Å². The summed E-state index contributed by atoms with van der Waals surface area (Å²) in [7, 11) is 1.29. The first-order valence-electron chi connectivity index (χ1n) is 6.16. The Kier molecular flexibility index (Phi) is 4.45. The molecule has 0 bridgehead atoms. The number of amides is 2. The van der Waals surface area contributed by atoms with Crippen LogP contribution in [0.1, 0.15) is 16.3 Å². The fraction of sp³-hybridized carbons (Fsp3) is 0.143. The molecule has 2 aromatic rings. The lowest BCUT2D eigenvalue weighted by Gasteiger charge is -2.07. The standard InChI is InChI=1S/C14H15N3O4/c1-20-13(18)12-6-5-11(21-12)8-16-9-3-2-4-10(7-9)17-14(15)19/h2-7,16H,8H2,1H3,(H3,15,17,19). The summed E-state index contributed by atoms with van der Waals surface area (Å²) in [6.45, 7) is 0.386. The molecule has 0 saturated carbocycles. The van der Waals surface area contributed by atoms with Gasteiger partial charge in [0.05, 0.1) is 13.7 Å². The van der Waals surface area contributed by atoms with E-state index >= 15 is 0 Å². The van der Waals surface area contributed by atoms with Crippen molar-refractivity contribution < 1.29 is 18.7 Å². The van der Waals surface area contributed by atoms with Gasteiger partial charge in [0.25, 0.3) is 0 Å². The molecule has 7 nitrogen and oxygen atoms in total. The molecule has 0 unspecified atom stereocenters. The summed E-state index contributed by atoms with van der Waals surface area (Å²) in [4.78, 5) is 22.0. The van der Waals surface area contributed by atoms with E-state index in [9.17, 15) is 9.59 Å². The van der Waals surface area contributed by atoms with E-state index in [1.807, 2.05) is 6.07 Å². The fourth-order valence-corrected chi connectivity index (χ4v) is 1.72. The van der Waals surface area contributed by atoms with Crippen LogP contribution in [0.25, 0.3) is 0 Å². The van der Waals surface area contributed by atoms with E-state index in [2.05, 4.69) is 15.4 Å². The summed E-state index contributed by atoms with van der Waals surface area (Å²) in [5.74, 6) is 0.219. The van der Waals surface area contributed by atoms with Gasteiger partial charge in [-0.15, -0.1) is 0 Å². The van der Waals surface area contributed by atoms with Gasteiger partial charge in [-0.25, -0.2) is 9.59 Å². The number of primary amides is 1. The van der Waals surface area contributed by atoms with Gasteiger partial charge in [-0.05, 0) is 30.3 Å². The first-order chi connectivity index (χ1) is 10.1. The van der Waals surface area contributed by atoms with Crippen LogP contribution in [0.3, 0.4) is 0 Å². The molecule has 0 aliphatic carbocycles. The molecule has 110 valence electrons. The van der Waals surface area contributed by atoms with E-state index in [1.54, 1.807) is 30.3 Å². The van der Waals surface area contributed by atoms with Crippen LogP contribution in [0, 0.1) is 0 Å². The highest BCUT2D eigenvalue weighted by Crippen LogP contribution is 2.17. The number of nitrogens with two attached hydrogens (primary N) is 1. The molecular formula is C14H15N3O4. The Labute approximate surface area is 121 Å². The summed E-state index contributed by atoms with van der Waals surface area (Å²) in [6, 6.07) is 9.67. The number of anilines is 2. The van der Waals surface area contributed by atoms with Gasteiger partial charge in [0.2, 0.25) is 5.76 Å². The number of hydrogen-bond donors (Lipinski definition) is 3. The third kappa shape index (κ3) is 4.00. The molecule has 7 heteroatoms. The maximum absolute atomic E-state index is 11.3. The molecule has 0 aliphatic rings. The third-order valence-corrected chi connectivity index (χ3v) is 2.65. The highest BCUT2D eigenvalue weighted by atomic mass is 16.5. The maximum atomic E-state index is 11.3. The smallest absolute Gasteiger partial charge is 0.373 e. The van der Waals surface area contributed by atoms with Gasteiger partial charge in [0, 0.05) is 11.4 Å². The van der Waals surface area contributed by atoms with Crippen molar-refractivity contribution in [1.82, 2.24) is 0 Å². The molecule has 1 aromatic heterocycles. The topological polar surface area (TPSA) is 107 Å². The molecular weight excluding hydrogens is 274 g/mol. The molecule has 0 aliphatic heterocycles. The molecule has 2 amide bonds. The monoisotopic (exact) mass is 289 g/mol. The largest absolute Gasteiger partial charge is 0.463 e. The van der Waals surface area contributed by atoms with Gasteiger partial charge in [-0.3, -0.25) is 0 Å². The zero-order valence-electron chi connectivity index (χ0n) is 11.4. The minimum atomic E-state index is -0.624. The molecule has 0 fully saturated rings. The quantitative estimate of drug-likeness (QED) is 0.731. The zero-order chi connectivity index (χ0) is 15.2. The summed E-state index contributed by atoms with van der Waals surface area (Å²) in [5.41, 5.74) is 6.42. The molecule has 1 aromatic carbocycles. The number of ether oxygens (including phenoxy) is 1. The molecule has 0 spiro atoms. The predicted octanol–water partition coefficient (Wildman–Crippen LogP) is 2.17. The van der Waals surface area contributed by atoms with E-state index in [1.165, 1.54) is 7.11 Å². The van der Waals surface area contributed by atoms with Crippen LogP contribution < -0.4 is 16.4 Å². The number of esters is 1. The van der Waals surface area contributed by atoms with E-state index in [4.69, 9.17) is 10.2 Å². The SMILES string of the molecule is COC(=O)c1ccc(CNc2cccc(NC(N)=O)c2)o1. The highest BCUT2D eigenvalue weighted by molar-refractivity contribution is 5.88. The number of carbonyl (C=O) groups is 2. The van der Waals surface area contributed by atoms with Gasteiger partial charge in [-0.2, -0.15) is 0 Å². The number of benzene rings is 1. The van der Waals surface area contributed by atoms with Crippen molar-refractivity contribution in [2.75, 3.05) is 17.7 Å². The van der Waals surface area contributed by atoms with Crippen LogP contribution in [-0.2, 0) is 11.3 Å². The first kappa shape index (κ1) is 14.4. The average molecular weight is 289 g/mol. The van der Waals surface area contributed by atoms with E-state index in [0.29, 0.717) is 18.0 Å². The van der Waals surface area contributed by atoms with Crippen molar-refractivity contribution in [1.29, 1.82) is 0 Å². The lowest BCUT2D eigenvalue weighted by molar-refractivity contribution is 0.0563. The molecule has 0 atom stereocenters. The van der Waals surface area contributed by atoms with Crippen molar-refractivity contribution in [3.05, 3.63) is 47.9 Å². The number of furan rings is 1. The van der Waals surface area contributed by atoms with Crippen LogP contribution in [0.2, 0.25) is 0 Å². The Bertz CT molecular complexity index is 651. The van der Waals surface area contributed by atoms with Gasteiger partial charge in [0.15, 0.2) is 0 Å². The Morgan fingerprint density at radius 3 is 2.71 bits per heavy atom. The second-order valence-corrected chi connectivity index (χ2v) is 4.18. The van der Waals surface area contributed by atoms with Crippen molar-refractivity contribution in [2.45, 2.75) is 6.54 Å². The van der Waals surface area contributed by atoms with Crippen LogP contribution in [0.4, 0.5) is 16.2 Å². The Hall–Kier alpha value is -2.96. The predicted molar refractivity (Wildman–Crippen MR) is 77.0 cm³/mol. The normalized spacial score (nSPS) is 9.95. The lowest BCUT2D eigenvalue weighted by Crippen LogP contribution is -2.19. The molecule has 21 heavy (non-hydrogen) atoms. The van der Waals surface area contributed by atoms with Crippen molar-refractivity contribution in [3.8, 4) is 0 Å². The summed E-state index contributed by atoms with van der Waals surface area (Å²) in [6.07, 6.45) is 0. The molecule has 0 saturated heterocycles. The average Bonchev–Trinajstić information content (AvgIpc) is 2.93. The van der Waals surface area contributed by atoms with Gasteiger partial charge >= 0.3 is 12.0 Å². The number of hydrogen-bond acceptors (Lipinski definition) is 5. The molecule has 4 N–H and O–H groups in total. The van der Waals surface area contributed by atoms with E-state index in [-0.39, 0.29) is 5.76 Å².